The van der Waals surface area contributed by atoms with Gasteiger partial charge in [-0.2, -0.15) is 0 Å². The summed E-state index contributed by atoms with van der Waals surface area (Å²) in [5, 5.41) is 0. The van der Waals surface area contributed by atoms with Crippen LogP contribution in [0.25, 0.3) is 0 Å². The van der Waals surface area contributed by atoms with Gasteiger partial charge in [0.25, 0.3) is 0 Å². The normalized spacial score (nSPS) is 34.5. The van der Waals surface area contributed by atoms with Crippen LogP contribution in [0, 0.1) is 99.1 Å². The summed E-state index contributed by atoms with van der Waals surface area (Å²) in [6.07, 6.45) is 29.4. The molecule has 0 radical (unpaired) electrons. The van der Waals surface area contributed by atoms with Gasteiger partial charge in [0.05, 0.1) is 0 Å². The van der Waals surface area contributed by atoms with Crippen LogP contribution in [-0.4, -0.2) is 185 Å². The Morgan fingerprint density at radius 3 is 1.22 bits per heavy atom. The minimum Gasteiger partial charge on any atom is -0.372 e. The summed E-state index contributed by atoms with van der Waals surface area (Å²) in [5.74, 6) is 11.6. The third-order valence-electron chi connectivity index (χ3n) is 30.3. The fourth-order valence-electron chi connectivity index (χ4n) is 24.8. The van der Waals surface area contributed by atoms with Gasteiger partial charge in [0.2, 0.25) is 0 Å². The lowest BCUT2D eigenvalue weighted by atomic mass is 9.70. The first kappa shape index (κ1) is 94.4. The van der Waals surface area contributed by atoms with Crippen molar-refractivity contribution in [1.29, 1.82) is 0 Å². The molecular formula is C96H184Cl2N8. The van der Waals surface area contributed by atoms with Gasteiger partial charge < -0.3 is 4.90 Å². The van der Waals surface area contributed by atoms with Crippen LogP contribution in [0.3, 0.4) is 0 Å². The third-order valence-corrected chi connectivity index (χ3v) is 31.3. The van der Waals surface area contributed by atoms with Crippen molar-refractivity contribution >= 4 is 23.2 Å². The quantitative estimate of drug-likeness (QED) is 0.111. The van der Waals surface area contributed by atoms with Crippen LogP contribution >= 0.6 is 23.2 Å². The zero-order valence-corrected chi connectivity index (χ0v) is 76.2. The van der Waals surface area contributed by atoms with Gasteiger partial charge in [0.15, 0.2) is 0 Å². The van der Waals surface area contributed by atoms with Crippen molar-refractivity contribution in [2.75, 3.05) is 32.7 Å². The summed E-state index contributed by atoms with van der Waals surface area (Å²) in [5.41, 5.74) is 3.83. The van der Waals surface area contributed by atoms with E-state index in [1.165, 1.54) is 122 Å². The highest BCUT2D eigenvalue weighted by Crippen LogP contribution is 2.79. The van der Waals surface area contributed by atoms with Crippen LogP contribution in [0.5, 0.6) is 0 Å². The number of nitrogens with zero attached hydrogens (tertiary/aromatic N) is 8. The van der Waals surface area contributed by atoms with Gasteiger partial charge in [0, 0.05) is 147 Å². The molecule has 0 aromatic carbocycles. The lowest BCUT2D eigenvalue weighted by molar-refractivity contribution is -0.0536. The molecule has 10 heteroatoms. The largest absolute Gasteiger partial charge is 0.372 e. The van der Waals surface area contributed by atoms with Crippen molar-refractivity contribution in [3.05, 3.63) is 24.4 Å². The zero-order chi connectivity index (χ0) is 77.6. The van der Waals surface area contributed by atoms with Crippen LogP contribution in [-0.2, 0) is 0 Å². The molecule has 4 bridgehead atoms. The van der Waals surface area contributed by atoms with Crippen LogP contribution in [0.4, 0.5) is 0 Å². The molecule has 9 aliphatic heterocycles. The van der Waals surface area contributed by atoms with Crippen molar-refractivity contribution in [2.45, 2.75) is 459 Å². The number of likely N-dealkylation sites (tertiary alicyclic amines) is 6. The van der Waals surface area contributed by atoms with Crippen LogP contribution in [0.1, 0.15) is 346 Å². The van der Waals surface area contributed by atoms with Crippen molar-refractivity contribution in [3.63, 3.8) is 0 Å². The third kappa shape index (κ3) is 21.4. The average molecular weight is 1520 g/mol. The molecule has 15 fully saturated rings. The molecule has 14 atom stereocenters. The number of fused-ring (bicyclic) bond motifs is 9. The number of alkyl halides is 2. The van der Waals surface area contributed by atoms with E-state index in [1.54, 1.807) is 12.8 Å². The van der Waals surface area contributed by atoms with E-state index in [1.807, 2.05) is 0 Å². The standard InChI is InChI=1S/C13H23N.C13H25N.3C12H23N.C11H19Cl2N.C11H21N.C10H19N.2CH4/c1-8(2)12-11-10(13(11)5-6-13)7-14(12)9(3)4;1-9(2)13-11-5-7-12(8-6-11)14(13)10(3)4;1-9(2)11-7-12(5-6-12)8-13(11)10(3)4;1-9(2)11-12(5-6-12)7-8-13(11)10(3)4;1-8(2)12-10-5-6-11(7-10)13(12)9(3)4;1-6(2)10-9-8(11(9,12)13)5-14(10)7(3)4;1-8(2)11-6-10(5)7-12(11)9(3)4;1-8(2)10-6-5-7-11(10)9(3)4;;/h8-12H,5-7H2,1-4H3;9-13H,5-8H2,1-4H3;2*9-11H,5-8H2,1-4H3;8-12H,5-7H2,1-4H3;6-10H,5H2,1-4H3;8-9,11H,5-7H2,1-4H3;5,7-10H,6H2,1-4H3;2*1H4/t10-,11?,12+;;;11-;10-,11+,12?;8-,9?,10+;11-;;;/m0..1000.../s1. The SMILES string of the molecule is C.C.C=C1C[C@@H](C(C)C)N(C(C)C)C1.CC(C)C1C2CCC(CC2)N1C(C)C.CC(C)C1CC2(CC2)CN1C(C)C.CC(C)C1CC=CN1C(C)C.CC(C)C1[C@H]2CC[C@H](C2)N1C(C)C.CC(C)[C@@H]1C2[C@H](CN1C(C)C)C2(Cl)Cl.CC(C)[C@@H]1C2[C@H](CN1C(C)C)C21CC1.CC(C)[C@H]1N(C(C)C)CCC12CC2. The summed E-state index contributed by atoms with van der Waals surface area (Å²) in [6, 6.07) is 14.0. The molecule has 7 saturated carbocycles. The molecule has 8 saturated heterocycles. The molecule has 16 rings (SSSR count). The maximum absolute atomic E-state index is 6.26. The monoisotopic (exact) mass is 1520 g/mol. The van der Waals surface area contributed by atoms with E-state index >= 15 is 0 Å². The van der Waals surface area contributed by atoms with Crippen molar-refractivity contribution in [2.24, 2.45) is 99.1 Å². The molecule has 6 unspecified atom stereocenters. The Hall–Kier alpha value is -0.420. The lowest BCUT2D eigenvalue weighted by Gasteiger charge is -2.55. The summed E-state index contributed by atoms with van der Waals surface area (Å²) in [4.78, 5) is 21.4. The zero-order valence-electron chi connectivity index (χ0n) is 74.7. The molecule has 8 nitrogen and oxygen atoms in total. The molecular weight excluding hydrogens is 1340 g/mol. The van der Waals surface area contributed by atoms with Crippen molar-refractivity contribution in [3.8, 4) is 0 Å². The molecule has 3 spiro atoms. The van der Waals surface area contributed by atoms with Gasteiger partial charge in [-0.15, -0.1) is 23.2 Å². The molecule has 7 aliphatic carbocycles. The predicted molar refractivity (Wildman–Crippen MR) is 470 cm³/mol. The Labute approximate surface area is 673 Å². The summed E-state index contributed by atoms with van der Waals surface area (Å²) in [7, 11) is 0. The predicted octanol–water partition coefficient (Wildman–Crippen LogP) is 24.5. The van der Waals surface area contributed by atoms with E-state index < -0.39 is 4.33 Å². The molecule has 9 heterocycles. The Balaban J connectivity index is 0.000000190. The fraction of sp³-hybridized carbons (Fsp3) is 0.958. The van der Waals surface area contributed by atoms with E-state index in [-0.39, 0.29) is 14.9 Å². The van der Waals surface area contributed by atoms with Gasteiger partial charge in [-0.3, -0.25) is 34.3 Å². The van der Waals surface area contributed by atoms with Gasteiger partial charge in [-0.25, -0.2) is 0 Å². The minimum atomic E-state index is -0.416. The fourth-order valence-corrected chi connectivity index (χ4v) is 25.7. The van der Waals surface area contributed by atoms with Crippen molar-refractivity contribution < 1.29 is 0 Å². The van der Waals surface area contributed by atoms with Crippen molar-refractivity contribution in [1.82, 2.24) is 39.2 Å². The van der Waals surface area contributed by atoms with Gasteiger partial charge in [-0.1, -0.05) is 144 Å². The maximum atomic E-state index is 6.26. The first-order chi connectivity index (χ1) is 48.4. The number of hydrogen-bond donors (Lipinski definition) is 0. The number of hydrogen-bond acceptors (Lipinski definition) is 8. The first-order valence-corrected chi connectivity index (χ1v) is 46.0. The van der Waals surface area contributed by atoms with Gasteiger partial charge in [0.1, 0.15) is 4.33 Å². The second-order valence-corrected chi connectivity index (χ2v) is 44.4. The Kier molecular flexibility index (Phi) is 34.4. The van der Waals surface area contributed by atoms with E-state index in [9.17, 15) is 0 Å². The topological polar surface area (TPSA) is 25.9 Å². The number of rotatable bonds is 16. The second-order valence-electron chi connectivity index (χ2n) is 43.0. The summed E-state index contributed by atoms with van der Waals surface area (Å²) >= 11 is 12.5. The highest BCUT2D eigenvalue weighted by atomic mass is 35.5. The van der Waals surface area contributed by atoms with Crippen LogP contribution < -0.4 is 0 Å². The first-order valence-electron chi connectivity index (χ1n) is 45.2. The lowest BCUT2D eigenvalue weighted by Crippen LogP contribution is -2.59. The van der Waals surface area contributed by atoms with E-state index in [0.717, 1.165) is 179 Å². The molecule has 0 amide bonds. The molecule has 622 valence electrons. The molecule has 16 aliphatic rings. The van der Waals surface area contributed by atoms with Crippen LogP contribution in [0.15, 0.2) is 24.4 Å². The van der Waals surface area contributed by atoms with Crippen LogP contribution in [0.2, 0.25) is 0 Å². The molecule has 0 aromatic heterocycles. The molecule has 106 heavy (non-hydrogen) atoms. The number of piperidine rings is 5. The minimum absolute atomic E-state index is 0. The molecule has 0 N–H and O–H groups in total. The van der Waals surface area contributed by atoms with Gasteiger partial charge in [-0.05, 0) is 320 Å². The number of halogens is 2. The average Bonchev–Trinajstić information content (AvgIpc) is 1.48. The summed E-state index contributed by atoms with van der Waals surface area (Å²) in [6.45, 7) is 85.2. The molecule has 0 aromatic rings. The smallest absolute Gasteiger partial charge is 0.127 e. The Morgan fingerprint density at radius 1 is 0.406 bits per heavy atom. The van der Waals surface area contributed by atoms with E-state index in [4.69, 9.17) is 23.2 Å². The highest BCUT2D eigenvalue weighted by Gasteiger charge is 2.77. The van der Waals surface area contributed by atoms with Gasteiger partial charge >= 0.3 is 0 Å². The Morgan fingerprint density at radius 2 is 0.849 bits per heavy atom. The highest BCUT2D eigenvalue weighted by molar-refractivity contribution is 6.51. The van der Waals surface area contributed by atoms with E-state index in [0.29, 0.717) is 41.9 Å². The maximum Gasteiger partial charge on any atom is 0.127 e. The Bertz CT molecular complexity index is 2490. The summed E-state index contributed by atoms with van der Waals surface area (Å²) < 4.78 is -0.416. The van der Waals surface area contributed by atoms with E-state index in [2.05, 4.69) is 280 Å². The second kappa shape index (κ2) is 38.6.